The zero-order chi connectivity index (χ0) is 20.3. The molecule has 29 heavy (non-hydrogen) atoms. The Morgan fingerprint density at radius 1 is 1.21 bits per heavy atom. The van der Waals surface area contributed by atoms with E-state index in [0.29, 0.717) is 19.4 Å². The number of primary amides is 1. The van der Waals surface area contributed by atoms with Crippen molar-refractivity contribution in [2.24, 2.45) is 11.7 Å². The third-order valence-electron chi connectivity index (χ3n) is 5.92. The van der Waals surface area contributed by atoms with Gasteiger partial charge in [-0.2, -0.15) is 0 Å². The monoisotopic (exact) mass is 415 g/mol. The highest BCUT2D eigenvalue weighted by Crippen LogP contribution is 2.33. The van der Waals surface area contributed by atoms with Crippen LogP contribution in [0.3, 0.4) is 0 Å². The fourth-order valence-electron chi connectivity index (χ4n) is 3.97. The number of anilines is 1. The van der Waals surface area contributed by atoms with E-state index in [1.807, 2.05) is 29.2 Å². The van der Waals surface area contributed by atoms with E-state index in [1.165, 1.54) is 16.7 Å². The van der Waals surface area contributed by atoms with Crippen LogP contribution in [0.4, 0.5) is 5.69 Å². The Morgan fingerprint density at radius 3 is 2.62 bits per heavy atom. The van der Waals surface area contributed by atoms with Crippen LogP contribution in [0, 0.1) is 19.8 Å². The Kier molecular flexibility index (Phi) is 7.82. The average Bonchev–Trinajstić information content (AvgIpc) is 2.81. The highest BCUT2D eigenvalue weighted by Gasteiger charge is 2.33. The summed E-state index contributed by atoms with van der Waals surface area (Å²) in [6.07, 6.45) is 1.94. The first-order valence-corrected chi connectivity index (χ1v) is 9.83. The molecule has 5 nitrogen and oxygen atoms in total. The minimum Gasteiger partial charge on any atom is -0.368 e. The van der Waals surface area contributed by atoms with Gasteiger partial charge in [0.25, 0.3) is 0 Å². The maximum Gasteiger partial charge on any atom is 0.234 e. The van der Waals surface area contributed by atoms with Crippen molar-refractivity contribution in [2.45, 2.75) is 45.7 Å². The molecule has 2 amide bonds. The molecule has 2 atom stereocenters. The molecule has 0 saturated heterocycles. The van der Waals surface area contributed by atoms with E-state index < -0.39 is 11.9 Å². The molecule has 0 saturated carbocycles. The van der Waals surface area contributed by atoms with Crippen molar-refractivity contribution in [3.63, 3.8) is 0 Å². The van der Waals surface area contributed by atoms with Gasteiger partial charge in [-0.1, -0.05) is 36.4 Å². The summed E-state index contributed by atoms with van der Waals surface area (Å²) in [7, 11) is 1.71. The zero-order valence-corrected chi connectivity index (χ0v) is 18.1. The van der Waals surface area contributed by atoms with Crippen LogP contribution in [0.25, 0.3) is 0 Å². The maximum absolute atomic E-state index is 13.5. The summed E-state index contributed by atoms with van der Waals surface area (Å²) < 4.78 is 0. The lowest BCUT2D eigenvalue weighted by Gasteiger charge is -2.28. The normalized spacial score (nSPS) is 17.1. The minimum atomic E-state index is -0.502. The first-order valence-electron chi connectivity index (χ1n) is 9.83. The van der Waals surface area contributed by atoms with Gasteiger partial charge in [0.05, 0.1) is 12.6 Å². The van der Waals surface area contributed by atoms with Gasteiger partial charge < -0.3 is 16.0 Å². The van der Waals surface area contributed by atoms with E-state index in [9.17, 15) is 9.59 Å². The molecule has 1 heterocycles. The van der Waals surface area contributed by atoms with Crippen LogP contribution in [0.2, 0.25) is 0 Å². The van der Waals surface area contributed by atoms with Gasteiger partial charge in [0.15, 0.2) is 0 Å². The molecule has 0 fully saturated rings. The Morgan fingerprint density at radius 2 is 1.93 bits per heavy atom. The molecule has 3 N–H and O–H groups in total. The number of hydrogen-bond donors (Lipinski definition) is 2. The number of rotatable bonds is 6. The maximum atomic E-state index is 13.5. The molecule has 156 valence electrons. The van der Waals surface area contributed by atoms with Crippen LogP contribution < -0.4 is 16.0 Å². The molecule has 1 aliphatic heterocycles. The number of halogens is 1. The van der Waals surface area contributed by atoms with Gasteiger partial charge in [-0.15, -0.1) is 12.4 Å². The topological polar surface area (TPSA) is 75.4 Å². The lowest BCUT2D eigenvalue weighted by Crippen LogP contribution is -2.44. The summed E-state index contributed by atoms with van der Waals surface area (Å²) in [6.45, 7) is 4.71. The Bertz CT molecular complexity index is 884. The largest absolute Gasteiger partial charge is 0.368 e. The molecule has 0 spiro atoms. The van der Waals surface area contributed by atoms with Crippen molar-refractivity contribution >= 4 is 29.9 Å². The number of carbonyl (C=O) groups excluding carboxylic acids is 2. The second-order valence-electron chi connectivity index (χ2n) is 7.63. The van der Waals surface area contributed by atoms with Crippen molar-refractivity contribution in [1.82, 2.24) is 5.32 Å². The first kappa shape index (κ1) is 22.9. The number of amides is 2. The van der Waals surface area contributed by atoms with Crippen LogP contribution in [-0.4, -0.2) is 24.9 Å². The van der Waals surface area contributed by atoms with Crippen molar-refractivity contribution in [3.8, 4) is 0 Å². The van der Waals surface area contributed by atoms with E-state index in [-0.39, 0.29) is 24.2 Å². The zero-order valence-electron chi connectivity index (χ0n) is 17.3. The van der Waals surface area contributed by atoms with Crippen LogP contribution in [0.1, 0.15) is 35.1 Å². The fourth-order valence-corrected chi connectivity index (χ4v) is 3.97. The van der Waals surface area contributed by atoms with Gasteiger partial charge in [-0.3, -0.25) is 9.59 Å². The molecule has 0 radical (unpaired) electrons. The predicted molar refractivity (Wildman–Crippen MR) is 119 cm³/mol. The van der Waals surface area contributed by atoms with Crippen LogP contribution in [0.5, 0.6) is 0 Å². The van der Waals surface area contributed by atoms with E-state index in [4.69, 9.17) is 5.73 Å². The summed E-state index contributed by atoms with van der Waals surface area (Å²) >= 11 is 0. The van der Waals surface area contributed by atoms with Crippen LogP contribution >= 0.6 is 12.4 Å². The second kappa shape index (κ2) is 9.90. The highest BCUT2D eigenvalue weighted by atomic mass is 35.5. The number of para-hydroxylation sites is 1. The summed E-state index contributed by atoms with van der Waals surface area (Å²) in [5.74, 6) is -0.604. The SMILES string of the molecule is CN[C@@H](C[C@@H]1CCc2ccccc2N(Cc2cccc(C)c2C)C1=O)C(N)=O.Cl. The van der Waals surface area contributed by atoms with E-state index >= 15 is 0 Å². The molecule has 0 bridgehead atoms. The number of hydrogen-bond acceptors (Lipinski definition) is 3. The minimum absolute atomic E-state index is 0. The lowest BCUT2D eigenvalue weighted by atomic mass is 9.93. The molecule has 2 aromatic carbocycles. The van der Waals surface area contributed by atoms with Gasteiger partial charge in [0.1, 0.15) is 0 Å². The van der Waals surface area contributed by atoms with Crippen molar-refractivity contribution in [2.75, 3.05) is 11.9 Å². The molecule has 1 aliphatic rings. The third kappa shape index (κ3) is 4.98. The quantitative estimate of drug-likeness (QED) is 0.760. The molecule has 0 aromatic heterocycles. The van der Waals surface area contributed by atoms with Gasteiger partial charge in [0, 0.05) is 11.6 Å². The van der Waals surface area contributed by atoms with E-state index in [0.717, 1.165) is 17.7 Å². The standard InChI is InChI=1S/C23H29N3O2.ClH/c1-15-7-6-9-19(16(15)2)14-26-21-10-5-4-8-17(21)11-12-18(23(26)28)13-20(25-3)22(24)27;/h4-10,18,20,25H,11-14H2,1-3H3,(H2,24,27);1H/t18-,20-;/m0./s1. The van der Waals surface area contributed by atoms with Gasteiger partial charge in [0.2, 0.25) is 11.8 Å². The highest BCUT2D eigenvalue weighted by molar-refractivity contribution is 5.97. The van der Waals surface area contributed by atoms with E-state index in [1.54, 1.807) is 7.05 Å². The third-order valence-corrected chi connectivity index (χ3v) is 5.92. The molecular formula is C23H30ClN3O2. The summed E-state index contributed by atoms with van der Waals surface area (Å²) in [6, 6.07) is 13.8. The number of nitrogens with two attached hydrogens (primary N) is 1. The number of benzene rings is 2. The smallest absolute Gasteiger partial charge is 0.234 e. The number of fused-ring (bicyclic) bond motifs is 1. The van der Waals surface area contributed by atoms with Gasteiger partial charge in [-0.25, -0.2) is 0 Å². The Balaban J connectivity index is 0.00000300. The van der Waals surface area contributed by atoms with Crippen molar-refractivity contribution < 1.29 is 9.59 Å². The average molecular weight is 416 g/mol. The molecule has 3 rings (SSSR count). The number of likely N-dealkylation sites (N-methyl/N-ethyl adjacent to an activating group) is 1. The molecule has 2 aromatic rings. The number of carbonyl (C=O) groups is 2. The molecule has 0 aliphatic carbocycles. The number of nitrogens with zero attached hydrogens (tertiary/aromatic N) is 1. The van der Waals surface area contributed by atoms with Gasteiger partial charge >= 0.3 is 0 Å². The van der Waals surface area contributed by atoms with Crippen LogP contribution in [0.15, 0.2) is 42.5 Å². The lowest BCUT2D eigenvalue weighted by molar-refractivity contribution is -0.124. The van der Waals surface area contributed by atoms with Crippen molar-refractivity contribution in [3.05, 3.63) is 64.7 Å². The predicted octanol–water partition coefficient (Wildman–Crippen LogP) is 3.28. The second-order valence-corrected chi connectivity index (χ2v) is 7.63. The van der Waals surface area contributed by atoms with Crippen molar-refractivity contribution in [1.29, 1.82) is 0 Å². The fraction of sp³-hybridized carbons (Fsp3) is 0.391. The Labute approximate surface area is 179 Å². The van der Waals surface area contributed by atoms with E-state index in [2.05, 4.69) is 37.4 Å². The molecule has 0 unspecified atom stereocenters. The van der Waals surface area contributed by atoms with Crippen LogP contribution in [-0.2, 0) is 22.6 Å². The molecular weight excluding hydrogens is 386 g/mol. The summed E-state index contributed by atoms with van der Waals surface area (Å²) in [5, 5.41) is 2.95. The summed E-state index contributed by atoms with van der Waals surface area (Å²) in [5.41, 5.74) is 11.2. The van der Waals surface area contributed by atoms with Gasteiger partial charge in [-0.05, 0) is 68.5 Å². The Hall–Kier alpha value is -2.37. The first-order chi connectivity index (χ1) is 13.4. The summed E-state index contributed by atoms with van der Waals surface area (Å²) in [4.78, 5) is 27.1. The number of aryl methyl sites for hydroxylation is 2. The number of nitrogens with one attached hydrogen (secondary N) is 1. The molecule has 6 heteroatoms.